The number of thioether (sulfide) groups is 1. The number of carbonyl (C=O) groups excluding carboxylic acids is 1. The largest absolute Gasteiger partial charge is 0.284 e. The molecule has 0 aliphatic carbocycles. The average molecular weight is 386 g/mol. The summed E-state index contributed by atoms with van der Waals surface area (Å²) in [7, 11) is 0. The van der Waals surface area contributed by atoms with Gasteiger partial charge in [0.05, 0.1) is 22.9 Å². The van der Waals surface area contributed by atoms with Gasteiger partial charge in [0.25, 0.3) is 5.69 Å². The number of nitro benzene ring substituents is 1. The lowest BCUT2D eigenvalue weighted by molar-refractivity contribution is -0.384. The number of halogens is 1. The molecule has 1 saturated heterocycles. The highest BCUT2D eigenvalue weighted by molar-refractivity contribution is 8.15. The van der Waals surface area contributed by atoms with Crippen molar-refractivity contribution in [2.45, 2.75) is 18.7 Å². The molecule has 0 saturated carbocycles. The molecular formula is C18H15FN4O3S. The first-order valence-corrected chi connectivity index (χ1v) is 8.90. The standard InChI is InChI=1S/C18H15FN4O3S/c1-12-17(24)22(11-13-5-7-15(19)8-6-13)18(27-12)21-20-10-14-3-2-4-16(9-14)23(25)26/h2-10,12H,11H2,1H3/b20-10-,21-18+/t12-/m0/s1. The van der Waals surface area contributed by atoms with E-state index < -0.39 is 4.92 Å². The molecule has 7 nitrogen and oxygen atoms in total. The molecule has 1 aliphatic heterocycles. The molecule has 2 aromatic rings. The van der Waals surface area contributed by atoms with Crippen LogP contribution < -0.4 is 0 Å². The second-order valence-corrected chi connectivity index (χ2v) is 7.10. The zero-order valence-electron chi connectivity index (χ0n) is 14.3. The summed E-state index contributed by atoms with van der Waals surface area (Å²) in [5, 5.41) is 19.0. The van der Waals surface area contributed by atoms with Crippen LogP contribution in [0.1, 0.15) is 18.1 Å². The molecule has 3 rings (SSSR count). The Labute approximate surface area is 158 Å². The number of carbonyl (C=O) groups is 1. The van der Waals surface area contributed by atoms with E-state index in [0.29, 0.717) is 10.7 Å². The van der Waals surface area contributed by atoms with Crippen LogP contribution in [0.2, 0.25) is 0 Å². The number of amidine groups is 1. The molecule has 0 unspecified atom stereocenters. The second-order valence-electron chi connectivity index (χ2n) is 5.79. The van der Waals surface area contributed by atoms with Gasteiger partial charge in [0.1, 0.15) is 5.82 Å². The molecule has 0 radical (unpaired) electrons. The first kappa shape index (κ1) is 18.7. The highest BCUT2D eigenvalue weighted by atomic mass is 32.2. The zero-order chi connectivity index (χ0) is 19.4. The van der Waals surface area contributed by atoms with Crippen molar-refractivity contribution >= 4 is 34.7 Å². The van der Waals surface area contributed by atoms with E-state index in [0.717, 1.165) is 5.56 Å². The van der Waals surface area contributed by atoms with Gasteiger partial charge in [-0.2, -0.15) is 5.10 Å². The van der Waals surface area contributed by atoms with Crippen LogP contribution in [0, 0.1) is 15.9 Å². The maximum Gasteiger partial charge on any atom is 0.270 e. The van der Waals surface area contributed by atoms with E-state index >= 15 is 0 Å². The predicted molar refractivity (Wildman–Crippen MR) is 102 cm³/mol. The summed E-state index contributed by atoms with van der Waals surface area (Å²) in [4.78, 5) is 24.2. The van der Waals surface area contributed by atoms with Crippen molar-refractivity contribution in [2.24, 2.45) is 10.2 Å². The van der Waals surface area contributed by atoms with Crippen LogP contribution in [0.25, 0.3) is 0 Å². The number of nitrogens with zero attached hydrogens (tertiary/aromatic N) is 4. The van der Waals surface area contributed by atoms with E-state index in [1.54, 1.807) is 31.2 Å². The van der Waals surface area contributed by atoms with Gasteiger partial charge in [0, 0.05) is 17.7 Å². The van der Waals surface area contributed by atoms with Crippen molar-refractivity contribution in [3.8, 4) is 0 Å². The molecule has 1 amide bonds. The first-order chi connectivity index (χ1) is 12.9. The molecule has 0 spiro atoms. The predicted octanol–water partition coefficient (Wildman–Crippen LogP) is 3.59. The normalized spacial score (nSPS) is 18.6. The SMILES string of the molecule is C[C@@H]1S/C(=N/N=C\c2cccc([N+](=O)[O-])c2)N(Cc2ccc(F)cc2)C1=O. The number of amides is 1. The fourth-order valence-electron chi connectivity index (χ4n) is 2.44. The van der Waals surface area contributed by atoms with Crippen molar-refractivity contribution in [1.29, 1.82) is 0 Å². The maximum absolute atomic E-state index is 13.1. The first-order valence-electron chi connectivity index (χ1n) is 8.02. The lowest BCUT2D eigenvalue weighted by atomic mass is 10.2. The van der Waals surface area contributed by atoms with Gasteiger partial charge >= 0.3 is 0 Å². The van der Waals surface area contributed by atoms with Crippen molar-refractivity contribution < 1.29 is 14.1 Å². The van der Waals surface area contributed by atoms with Gasteiger partial charge in [-0.25, -0.2) is 4.39 Å². The van der Waals surface area contributed by atoms with E-state index in [9.17, 15) is 19.3 Å². The van der Waals surface area contributed by atoms with Gasteiger partial charge in [0.2, 0.25) is 5.91 Å². The fraction of sp³-hybridized carbons (Fsp3) is 0.167. The molecule has 0 bridgehead atoms. The quantitative estimate of drug-likeness (QED) is 0.446. The van der Waals surface area contributed by atoms with Crippen LogP contribution in [0.15, 0.2) is 58.7 Å². The second kappa shape index (κ2) is 8.09. The third kappa shape index (κ3) is 4.56. The van der Waals surface area contributed by atoms with Crippen LogP contribution in [0.3, 0.4) is 0 Å². The van der Waals surface area contributed by atoms with Crippen LogP contribution in [-0.4, -0.2) is 32.4 Å². The zero-order valence-corrected chi connectivity index (χ0v) is 15.1. The summed E-state index contributed by atoms with van der Waals surface area (Å²) >= 11 is 1.28. The molecule has 1 aliphatic rings. The van der Waals surface area contributed by atoms with E-state index in [-0.39, 0.29) is 29.2 Å². The number of benzene rings is 2. The number of hydrogen-bond acceptors (Lipinski definition) is 6. The highest BCUT2D eigenvalue weighted by Gasteiger charge is 2.35. The van der Waals surface area contributed by atoms with Gasteiger partial charge in [-0.15, -0.1) is 5.10 Å². The van der Waals surface area contributed by atoms with Crippen LogP contribution in [0.4, 0.5) is 10.1 Å². The number of rotatable bonds is 5. The molecule has 1 heterocycles. The minimum absolute atomic E-state index is 0.0384. The Bertz CT molecular complexity index is 930. The van der Waals surface area contributed by atoms with Gasteiger partial charge < -0.3 is 0 Å². The van der Waals surface area contributed by atoms with Gasteiger partial charge in [-0.05, 0) is 24.6 Å². The van der Waals surface area contributed by atoms with Crippen LogP contribution in [-0.2, 0) is 11.3 Å². The molecule has 138 valence electrons. The summed E-state index contributed by atoms with van der Waals surface area (Å²) in [6.07, 6.45) is 1.39. The van der Waals surface area contributed by atoms with Crippen LogP contribution >= 0.6 is 11.8 Å². The van der Waals surface area contributed by atoms with E-state index in [4.69, 9.17) is 0 Å². The Kier molecular flexibility index (Phi) is 5.60. The van der Waals surface area contributed by atoms with Gasteiger partial charge in [0.15, 0.2) is 5.17 Å². The number of non-ortho nitro benzene ring substituents is 1. The van der Waals surface area contributed by atoms with E-state index in [1.807, 2.05) is 0 Å². The Morgan fingerprint density at radius 2 is 2.04 bits per heavy atom. The van der Waals surface area contributed by atoms with Gasteiger partial charge in [-0.1, -0.05) is 36.0 Å². The summed E-state index contributed by atoms with van der Waals surface area (Å²) < 4.78 is 13.1. The smallest absolute Gasteiger partial charge is 0.270 e. The Hall–Kier alpha value is -3.07. The summed E-state index contributed by atoms with van der Waals surface area (Å²) in [6.45, 7) is 2.04. The highest BCUT2D eigenvalue weighted by Crippen LogP contribution is 2.28. The molecule has 2 aromatic carbocycles. The molecule has 0 N–H and O–H groups in total. The lowest BCUT2D eigenvalue weighted by Gasteiger charge is -2.15. The topological polar surface area (TPSA) is 88.2 Å². The van der Waals surface area contributed by atoms with Gasteiger partial charge in [-0.3, -0.25) is 19.8 Å². The number of nitro groups is 1. The summed E-state index contributed by atoms with van der Waals surface area (Å²) in [5.74, 6) is -0.446. The summed E-state index contributed by atoms with van der Waals surface area (Å²) in [5.41, 5.74) is 1.26. The average Bonchev–Trinajstić information content (AvgIpc) is 2.91. The molecule has 27 heavy (non-hydrogen) atoms. The maximum atomic E-state index is 13.1. The van der Waals surface area contributed by atoms with Crippen LogP contribution in [0.5, 0.6) is 0 Å². The minimum atomic E-state index is -0.485. The Morgan fingerprint density at radius 1 is 1.30 bits per heavy atom. The monoisotopic (exact) mass is 386 g/mol. The van der Waals surface area contributed by atoms with Crippen molar-refractivity contribution in [1.82, 2.24) is 4.90 Å². The van der Waals surface area contributed by atoms with Crippen molar-refractivity contribution in [3.05, 3.63) is 75.6 Å². The molecule has 0 aromatic heterocycles. The number of hydrogen-bond donors (Lipinski definition) is 0. The van der Waals surface area contributed by atoms with Crippen molar-refractivity contribution in [3.63, 3.8) is 0 Å². The Balaban J connectivity index is 1.78. The third-order valence-electron chi connectivity index (χ3n) is 3.81. The molecule has 9 heteroatoms. The summed E-state index contributed by atoms with van der Waals surface area (Å²) in [6, 6.07) is 11.9. The lowest BCUT2D eigenvalue weighted by Crippen LogP contribution is -2.30. The Morgan fingerprint density at radius 3 is 2.74 bits per heavy atom. The fourth-order valence-corrected chi connectivity index (χ4v) is 3.37. The van der Waals surface area contributed by atoms with E-state index in [1.165, 1.54) is 47.1 Å². The van der Waals surface area contributed by atoms with E-state index in [2.05, 4.69) is 10.2 Å². The third-order valence-corrected chi connectivity index (χ3v) is 4.88. The molecule has 1 atom stereocenters. The molecule has 1 fully saturated rings. The minimum Gasteiger partial charge on any atom is -0.284 e. The van der Waals surface area contributed by atoms with Crippen molar-refractivity contribution in [2.75, 3.05) is 0 Å². The molecular weight excluding hydrogens is 371 g/mol.